The van der Waals surface area contributed by atoms with Gasteiger partial charge in [-0.2, -0.15) is 17.6 Å². The van der Waals surface area contributed by atoms with E-state index < -0.39 is 65.1 Å². The molecule has 0 aromatic heterocycles. The molecule has 4 aromatic rings. The molecule has 1 atom stereocenters. The Labute approximate surface area is 346 Å². The number of carbonyl (C=O) groups excluding carboxylic acids is 1. The van der Waals surface area contributed by atoms with Crippen molar-refractivity contribution in [1.82, 2.24) is 0 Å². The van der Waals surface area contributed by atoms with Crippen molar-refractivity contribution in [2.24, 2.45) is 0 Å². The molecule has 0 saturated carbocycles. The van der Waals surface area contributed by atoms with Crippen LogP contribution in [0.3, 0.4) is 0 Å². The summed E-state index contributed by atoms with van der Waals surface area (Å²) in [6, 6.07) is 25.0. The van der Waals surface area contributed by atoms with Crippen molar-refractivity contribution >= 4 is 21.0 Å². The average Bonchev–Trinajstić information content (AvgIpc) is 3.08. The quantitative estimate of drug-likeness (QED) is 0.0782. The lowest BCUT2D eigenvalue weighted by molar-refractivity contribution is -0.0213. The molecule has 0 bridgehead atoms. The lowest BCUT2D eigenvalue weighted by Crippen LogP contribution is -2.42. The van der Waals surface area contributed by atoms with Gasteiger partial charge in [0, 0.05) is 16.7 Å². The second kappa shape index (κ2) is 16.4. The van der Waals surface area contributed by atoms with Crippen LogP contribution in [0.15, 0.2) is 97.1 Å². The standard InChI is InChI=1S/C46H58F4O7P2/c1-40(2,3)37-33(25-28-36(38(37)41(4,5)6)46(49,50)58(52,53)54)30-44(34-21-17-14-18-22-34,39(51)32-19-15-13-16-20-32)29-31-23-26-35(27-24-31)45(47,48)59(55,56-42(7,8)9)57-43(10,11)12/h13-28H,29-30H2,1-12H3,(H2,52,53,54). The van der Waals surface area contributed by atoms with Gasteiger partial charge < -0.3 is 9.79 Å². The SMILES string of the molecule is CC(C)(C)OP(=O)(OC(C)(C)C)C(F)(F)c1ccc(CC(Cc2ccc(C(F)(F)P(=O)(O)O)c(C(C)(C)C)c2C(C)(C)C)(C(=O)c2ccccc2)c2ccccc2)cc1. The maximum absolute atomic E-state index is 16.4. The number of Topliss-reactive ketones (excluding diaryl/α,β-unsaturated/α-hetero) is 1. The molecule has 13 heteroatoms. The number of carbonyl (C=O) groups is 1. The molecule has 4 aromatic carbocycles. The van der Waals surface area contributed by atoms with E-state index >= 15 is 22.4 Å². The first-order chi connectivity index (χ1) is 26.7. The van der Waals surface area contributed by atoms with Crippen LogP contribution in [-0.4, -0.2) is 26.8 Å². The third kappa shape index (κ3) is 10.5. The van der Waals surface area contributed by atoms with E-state index in [1.54, 1.807) is 81.4 Å². The summed E-state index contributed by atoms with van der Waals surface area (Å²) >= 11 is 0. The van der Waals surface area contributed by atoms with Crippen LogP contribution < -0.4 is 0 Å². The number of ketones is 1. The predicted octanol–water partition coefficient (Wildman–Crippen LogP) is 13.0. The van der Waals surface area contributed by atoms with E-state index in [4.69, 9.17) is 9.05 Å². The van der Waals surface area contributed by atoms with Crippen LogP contribution in [0.4, 0.5) is 17.6 Å². The fourth-order valence-electron chi connectivity index (χ4n) is 7.53. The number of benzene rings is 4. The first-order valence-corrected chi connectivity index (χ1v) is 22.6. The average molecular weight is 861 g/mol. The van der Waals surface area contributed by atoms with Crippen molar-refractivity contribution in [3.05, 3.63) is 142 Å². The summed E-state index contributed by atoms with van der Waals surface area (Å²) in [7, 11) is -11.1. The molecule has 0 amide bonds. The van der Waals surface area contributed by atoms with Gasteiger partial charge in [0.15, 0.2) is 5.78 Å². The Morgan fingerprint density at radius 1 is 0.559 bits per heavy atom. The second-order valence-corrected chi connectivity index (χ2v) is 22.8. The highest BCUT2D eigenvalue weighted by Gasteiger charge is 2.58. The molecule has 4 rings (SSSR count). The number of alkyl halides is 4. The van der Waals surface area contributed by atoms with Crippen molar-refractivity contribution in [2.45, 2.75) is 135 Å². The molecular weight excluding hydrogens is 802 g/mol. The van der Waals surface area contributed by atoms with Crippen LogP contribution in [-0.2, 0) is 58.6 Å². The van der Waals surface area contributed by atoms with Gasteiger partial charge in [-0.1, -0.05) is 139 Å². The van der Waals surface area contributed by atoms with Gasteiger partial charge in [-0.05, 0) is 93.0 Å². The number of rotatable bonds is 13. The van der Waals surface area contributed by atoms with Crippen LogP contribution in [0.1, 0.15) is 132 Å². The molecule has 0 radical (unpaired) electrons. The van der Waals surface area contributed by atoms with E-state index in [2.05, 4.69) is 0 Å². The first kappa shape index (κ1) is 48.2. The summed E-state index contributed by atoms with van der Waals surface area (Å²) in [5.41, 5.74) is -13.6. The van der Waals surface area contributed by atoms with Crippen molar-refractivity contribution in [3.8, 4) is 0 Å². The van der Waals surface area contributed by atoms with Crippen LogP contribution in [0.5, 0.6) is 0 Å². The fourth-order valence-corrected chi connectivity index (χ4v) is 10.2. The molecule has 0 fully saturated rings. The number of hydrogen-bond donors (Lipinski definition) is 2. The molecule has 7 nitrogen and oxygen atoms in total. The summed E-state index contributed by atoms with van der Waals surface area (Å²) < 4.78 is 102. The Kier molecular flexibility index (Phi) is 13.4. The molecule has 322 valence electrons. The van der Waals surface area contributed by atoms with E-state index in [1.807, 2.05) is 20.8 Å². The van der Waals surface area contributed by atoms with Gasteiger partial charge in [0.2, 0.25) is 0 Å². The summed E-state index contributed by atoms with van der Waals surface area (Å²) in [5, 5.41) is 0. The van der Waals surface area contributed by atoms with Gasteiger partial charge in [0.1, 0.15) is 0 Å². The third-order valence-electron chi connectivity index (χ3n) is 9.71. The van der Waals surface area contributed by atoms with Crippen LogP contribution in [0.25, 0.3) is 0 Å². The normalized spacial score (nSPS) is 14.9. The van der Waals surface area contributed by atoms with Gasteiger partial charge in [0.05, 0.1) is 16.6 Å². The Bertz CT molecular complexity index is 2190. The van der Waals surface area contributed by atoms with Crippen molar-refractivity contribution in [2.75, 3.05) is 0 Å². The fraction of sp³-hybridized carbons (Fsp3) is 0.457. The monoisotopic (exact) mass is 860 g/mol. The van der Waals surface area contributed by atoms with Crippen molar-refractivity contribution in [3.63, 3.8) is 0 Å². The maximum atomic E-state index is 16.4. The minimum absolute atomic E-state index is 0.0518. The zero-order valence-corrected chi connectivity index (χ0v) is 37.8. The topological polar surface area (TPSA) is 110 Å². The Morgan fingerprint density at radius 2 is 1.02 bits per heavy atom. The van der Waals surface area contributed by atoms with Gasteiger partial charge in [-0.3, -0.25) is 23.0 Å². The molecular formula is C46H58F4O7P2. The third-order valence-corrected chi connectivity index (χ3v) is 13.2. The Balaban J connectivity index is 2.05. The summed E-state index contributed by atoms with van der Waals surface area (Å²) in [6.45, 7) is 19.5. The highest BCUT2D eigenvalue weighted by molar-refractivity contribution is 7.54. The number of halogens is 4. The van der Waals surface area contributed by atoms with E-state index in [0.29, 0.717) is 27.8 Å². The molecule has 0 aliphatic carbocycles. The first-order valence-electron chi connectivity index (χ1n) is 19.4. The van der Waals surface area contributed by atoms with E-state index in [1.165, 1.54) is 59.7 Å². The summed E-state index contributed by atoms with van der Waals surface area (Å²) in [4.78, 5) is 35.1. The van der Waals surface area contributed by atoms with Gasteiger partial charge in [-0.15, -0.1) is 0 Å². The Morgan fingerprint density at radius 3 is 1.44 bits per heavy atom. The second-order valence-electron chi connectivity index (χ2n) is 19.2. The minimum atomic E-state index is -5.99. The molecule has 0 aliphatic heterocycles. The highest BCUT2D eigenvalue weighted by Crippen LogP contribution is 2.70. The minimum Gasteiger partial charge on any atom is -0.320 e. The van der Waals surface area contributed by atoms with E-state index in [0.717, 1.165) is 18.2 Å². The van der Waals surface area contributed by atoms with Crippen molar-refractivity contribution < 1.29 is 50.3 Å². The van der Waals surface area contributed by atoms with Crippen LogP contribution in [0, 0.1) is 0 Å². The van der Waals surface area contributed by atoms with Gasteiger partial charge in [0.25, 0.3) is 0 Å². The van der Waals surface area contributed by atoms with Crippen LogP contribution >= 0.6 is 15.2 Å². The lowest BCUT2D eigenvalue weighted by atomic mass is 9.64. The smallest absolute Gasteiger partial charge is 0.320 e. The molecule has 0 aliphatic rings. The zero-order valence-electron chi connectivity index (χ0n) is 36.0. The summed E-state index contributed by atoms with van der Waals surface area (Å²) in [5.74, 6) is -0.331. The highest BCUT2D eigenvalue weighted by atomic mass is 31.2. The molecule has 1 unspecified atom stereocenters. The maximum Gasteiger partial charge on any atom is 0.405 e. The number of hydrogen-bond acceptors (Lipinski definition) is 5. The molecule has 0 spiro atoms. The molecule has 2 N–H and O–H groups in total. The zero-order chi connectivity index (χ0) is 44.8. The lowest BCUT2D eigenvalue weighted by Gasteiger charge is -2.39. The molecule has 59 heavy (non-hydrogen) atoms. The van der Waals surface area contributed by atoms with E-state index in [9.17, 15) is 18.9 Å². The summed E-state index contributed by atoms with van der Waals surface area (Å²) in [6.07, 6.45) is -0.131. The molecule has 0 saturated heterocycles. The Hall–Kier alpha value is -3.43. The van der Waals surface area contributed by atoms with Crippen molar-refractivity contribution in [1.29, 1.82) is 0 Å². The van der Waals surface area contributed by atoms with E-state index in [-0.39, 0.29) is 24.2 Å². The van der Waals surface area contributed by atoms with Gasteiger partial charge in [-0.25, -0.2) is 0 Å². The van der Waals surface area contributed by atoms with Crippen LogP contribution in [0.2, 0.25) is 0 Å². The predicted molar refractivity (Wildman–Crippen MR) is 226 cm³/mol. The van der Waals surface area contributed by atoms with Gasteiger partial charge >= 0.3 is 26.5 Å². The molecule has 0 heterocycles. The largest absolute Gasteiger partial charge is 0.405 e.